The van der Waals surface area contributed by atoms with Gasteiger partial charge in [0.1, 0.15) is 60.4 Å². The Morgan fingerprint density at radius 3 is 1.92 bits per heavy atom. The molecular formula is C52H85N11O21. The lowest BCUT2D eigenvalue weighted by atomic mass is 9.95. The van der Waals surface area contributed by atoms with Gasteiger partial charge < -0.3 is 115 Å². The van der Waals surface area contributed by atoms with Crippen LogP contribution in [0.1, 0.15) is 115 Å². The minimum absolute atomic E-state index is 0.00117. The van der Waals surface area contributed by atoms with Crippen LogP contribution in [-0.4, -0.2) is 223 Å². The highest BCUT2D eigenvalue weighted by atomic mass is 16.7. The lowest BCUT2D eigenvalue weighted by Gasteiger charge is -2.38. The number of aliphatic hydroxyl groups excluding tert-OH is 7. The van der Waals surface area contributed by atoms with E-state index in [0.29, 0.717) is 6.42 Å². The number of phenolic OH excluding ortho intramolecular Hbond substituents is 1. The smallest absolute Gasteiger partial charge is 0.305 e. The molecule has 1 aromatic carbocycles. The van der Waals surface area contributed by atoms with Gasteiger partial charge in [-0.2, -0.15) is 0 Å². The van der Waals surface area contributed by atoms with E-state index >= 15 is 0 Å². The number of amides is 9. The molecule has 32 nitrogen and oxygen atoms in total. The minimum atomic E-state index is -2.24. The van der Waals surface area contributed by atoms with Crippen LogP contribution in [0.25, 0.3) is 0 Å². The zero-order valence-corrected chi connectivity index (χ0v) is 46.8. The van der Waals surface area contributed by atoms with Gasteiger partial charge in [-0.25, -0.2) is 0 Å². The third kappa shape index (κ3) is 25.2. The molecule has 2 fully saturated rings. The predicted molar refractivity (Wildman–Crippen MR) is 291 cm³/mol. The largest absolute Gasteiger partial charge is 0.508 e. The Kier molecular flexibility index (Phi) is 31.4. The molecule has 6 unspecified atom stereocenters. The molecule has 9 amide bonds. The molecule has 23 N–H and O–H groups in total. The number of rotatable bonds is 24. The monoisotopic (exact) mass is 1200 g/mol. The first-order valence-corrected chi connectivity index (χ1v) is 27.8. The Balaban J connectivity index is 2.12. The summed E-state index contributed by atoms with van der Waals surface area (Å²) in [5, 5.41) is 112. The molecule has 2 aliphatic rings. The Hall–Kier alpha value is -6.72. The zero-order chi connectivity index (χ0) is 62.6. The SMILES string of the molecule is CCCCCCCCCC(N)CC(O)CC(CC1CC(=O)N[C@@H](CO)C(=O)N[C@@H](C(O)c2ccc(O)cc2)C(=O)N[C@@H](CC(=O)O)C(=O)N[C@@H](CO)C(=O)NCC(=O)NCCC(N)C(=O)N[C@@H](CC(N)=O)C(=O)N1)O[C@@H]1OC[C@@H](O)[C@H](O)[C@H]1O. The molecule has 2 saturated heterocycles. The number of hydrogen-bond acceptors (Lipinski definition) is 22. The predicted octanol–water partition coefficient (Wildman–Crippen LogP) is -7.15. The van der Waals surface area contributed by atoms with Gasteiger partial charge >= 0.3 is 5.97 Å². The van der Waals surface area contributed by atoms with Crippen molar-refractivity contribution >= 4 is 59.1 Å². The summed E-state index contributed by atoms with van der Waals surface area (Å²) in [4.78, 5) is 134. The average Bonchev–Trinajstić information content (AvgIpc) is 3.62. The number of hydrogen-bond donors (Lipinski definition) is 20. The van der Waals surface area contributed by atoms with E-state index in [-0.39, 0.29) is 37.1 Å². The number of carboxylic acids is 1. The molecule has 1 aromatic rings. The number of aliphatic hydroxyl groups is 7. The van der Waals surface area contributed by atoms with Crippen LogP contribution in [0.15, 0.2) is 24.3 Å². The molecule has 0 bridgehead atoms. The highest BCUT2D eigenvalue weighted by Gasteiger charge is 2.41. The van der Waals surface area contributed by atoms with Crippen LogP contribution in [0.5, 0.6) is 5.75 Å². The fraction of sp³-hybridized carbons (Fsp3) is 0.692. The molecule has 84 heavy (non-hydrogen) atoms. The van der Waals surface area contributed by atoms with E-state index in [1.165, 1.54) is 0 Å². The standard InChI is InChI=1S/C52H85N11O21/c1-2-3-4-5-6-7-8-9-27(53)16-30(67)19-31(84-52-45(76)44(75)37(68)25-83-52)17-28-18-39(70)59-36(24-65)50(81)63-42(43(74)26-10-12-29(66)13-11-26)51(82)61-34(21-41(72)73)49(80)62-35(23-64)47(78)57-22-40(71)56-15-14-32(54)46(77)60-33(20-38(55)69)48(79)58-28/h10-13,27-28,30-37,42-45,52,64-68,74-76H,2-9,14-25,53-54H2,1H3,(H2,55,69)(H,56,71)(H,57,78)(H,58,79)(H,59,70)(H,60,77)(H,61,82)(H,62,80)(H,63,81)(H,72,73)/t27?,28?,30?,31?,32?,33-,34-,35-,36-,37+,42-,43?,44-,45+,52-/m0/s1. The summed E-state index contributed by atoms with van der Waals surface area (Å²) in [7, 11) is 0. The molecule has 0 aliphatic carbocycles. The first-order chi connectivity index (χ1) is 39.8. The highest BCUT2D eigenvalue weighted by Crippen LogP contribution is 2.25. The maximum atomic E-state index is 14.2. The van der Waals surface area contributed by atoms with Gasteiger partial charge in [0.15, 0.2) is 6.29 Å². The van der Waals surface area contributed by atoms with Crippen molar-refractivity contribution in [2.24, 2.45) is 17.2 Å². The second-order valence-corrected chi connectivity index (χ2v) is 20.9. The van der Waals surface area contributed by atoms with Crippen LogP contribution >= 0.6 is 0 Å². The number of phenols is 1. The van der Waals surface area contributed by atoms with Crippen LogP contribution < -0.4 is 59.7 Å². The number of nitrogens with two attached hydrogens (primary N) is 3. The molecule has 2 heterocycles. The van der Waals surface area contributed by atoms with E-state index in [1.807, 2.05) is 5.32 Å². The number of carbonyl (C=O) groups excluding carboxylic acids is 9. The second kappa shape index (κ2) is 36.9. The quantitative estimate of drug-likeness (QED) is 0.0428. The normalized spacial score (nSPS) is 27.6. The van der Waals surface area contributed by atoms with Crippen molar-refractivity contribution in [2.45, 2.75) is 194 Å². The molecule has 2 aliphatic heterocycles. The van der Waals surface area contributed by atoms with Crippen LogP contribution in [0.4, 0.5) is 0 Å². The number of primary amides is 1. The van der Waals surface area contributed by atoms with Crippen molar-refractivity contribution in [3.8, 4) is 5.75 Å². The molecule has 15 atom stereocenters. The van der Waals surface area contributed by atoms with Crippen molar-refractivity contribution < 1.29 is 103 Å². The van der Waals surface area contributed by atoms with Gasteiger partial charge in [-0.1, -0.05) is 64.0 Å². The van der Waals surface area contributed by atoms with Gasteiger partial charge in [-0.05, 0) is 49.8 Å². The summed E-state index contributed by atoms with van der Waals surface area (Å²) >= 11 is 0. The lowest BCUT2D eigenvalue weighted by Crippen LogP contribution is -2.60. The van der Waals surface area contributed by atoms with Gasteiger partial charge in [0.2, 0.25) is 53.2 Å². The highest BCUT2D eigenvalue weighted by molar-refractivity contribution is 5.98. The summed E-state index contributed by atoms with van der Waals surface area (Å²) in [6.07, 6.45) is -8.31. The summed E-state index contributed by atoms with van der Waals surface area (Å²) in [5.41, 5.74) is 17.8. The van der Waals surface area contributed by atoms with Gasteiger partial charge in [0.25, 0.3) is 0 Å². The Morgan fingerprint density at radius 2 is 1.29 bits per heavy atom. The first-order valence-electron chi connectivity index (χ1n) is 27.8. The van der Waals surface area contributed by atoms with Crippen molar-refractivity contribution in [3.63, 3.8) is 0 Å². The van der Waals surface area contributed by atoms with E-state index in [0.717, 1.165) is 69.2 Å². The van der Waals surface area contributed by atoms with Crippen LogP contribution in [0.3, 0.4) is 0 Å². The van der Waals surface area contributed by atoms with Crippen molar-refractivity contribution in [1.82, 2.24) is 42.5 Å². The van der Waals surface area contributed by atoms with E-state index in [9.17, 15) is 93.9 Å². The Labute approximate surface area is 484 Å². The summed E-state index contributed by atoms with van der Waals surface area (Å²) in [5.74, 6) is -12.9. The van der Waals surface area contributed by atoms with Crippen LogP contribution in [0.2, 0.25) is 0 Å². The van der Waals surface area contributed by atoms with E-state index < -0.39 is 202 Å². The van der Waals surface area contributed by atoms with Crippen LogP contribution in [0, 0.1) is 0 Å². The summed E-state index contributed by atoms with van der Waals surface area (Å²) < 4.78 is 11.6. The Bertz CT molecular complexity index is 2320. The number of benzene rings is 1. The summed E-state index contributed by atoms with van der Waals surface area (Å²) in [6, 6.07) is -9.29. The molecule has 0 radical (unpaired) electrons. The van der Waals surface area contributed by atoms with Gasteiger partial charge in [0.05, 0.1) is 57.5 Å². The Morgan fingerprint density at radius 1 is 0.702 bits per heavy atom. The van der Waals surface area contributed by atoms with Gasteiger partial charge in [-0.15, -0.1) is 0 Å². The molecule has 32 heteroatoms. The van der Waals surface area contributed by atoms with E-state index in [2.05, 4.69) is 44.1 Å². The number of carboxylic acid groups (broad SMARTS) is 1. The molecule has 474 valence electrons. The molecule has 0 aromatic heterocycles. The van der Waals surface area contributed by atoms with E-state index in [4.69, 9.17) is 26.7 Å². The minimum Gasteiger partial charge on any atom is -0.508 e. The van der Waals surface area contributed by atoms with Crippen molar-refractivity contribution in [2.75, 3.05) is 32.9 Å². The lowest BCUT2D eigenvalue weighted by molar-refractivity contribution is -0.285. The van der Waals surface area contributed by atoms with E-state index in [1.54, 1.807) is 0 Å². The molecule has 3 rings (SSSR count). The van der Waals surface area contributed by atoms with Crippen molar-refractivity contribution in [1.29, 1.82) is 0 Å². The average molecular weight is 1200 g/mol. The maximum Gasteiger partial charge on any atom is 0.305 e. The number of nitrogens with one attached hydrogen (secondary N) is 8. The fourth-order valence-corrected chi connectivity index (χ4v) is 9.07. The number of unbranched alkanes of at least 4 members (excludes halogenated alkanes) is 6. The third-order valence-corrected chi connectivity index (χ3v) is 13.8. The molecule has 0 saturated carbocycles. The fourth-order valence-electron chi connectivity index (χ4n) is 9.07. The van der Waals surface area contributed by atoms with Crippen molar-refractivity contribution in [3.05, 3.63) is 29.8 Å². The number of ether oxygens (including phenoxy) is 2. The zero-order valence-electron chi connectivity index (χ0n) is 46.8. The third-order valence-electron chi connectivity index (χ3n) is 13.8. The number of aliphatic carboxylic acids is 1. The topological polar surface area (TPSA) is 546 Å². The van der Waals surface area contributed by atoms with Gasteiger partial charge in [0, 0.05) is 25.0 Å². The first kappa shape index (κ1) is 71.5. The molecular weight excluding hydrogens is 1110 g/mol. The van der Waals surface area contributed by atoms with Crippen LogP contribution in [-0.2, 0) is 57.4 Å². The maximum absolute atomic E-state index is 14.2. The summed E-state index contributed by atoms with van der Waals surface area (Å²) in [6.45, 7) is -1.95. The number of carbonyl (C=O) groups is 10. The second-order valence-electron chi connectivity index (χ2n) is 20.9. The van der Waals surface area contributed by atoms with Gasteiger partial charge in [-0.3, -0.25) is 47.9 Å². The molecule has 0 spiro atoms. The number of aromatic hydroxyl groups is 1.